The van der Waals surface area contributed by atoms with Gasteiger partial charge in [-0.15, -0.1) is 0 Å². The number of hydrogen-bond acceptors (Lipinski definition) is 6. The molecule has 4 rings (SSSR count). The van der Waals surface area contributed by atoms with E-state index in [4.69, 9.17) is 9.72 Å². The molecule has 1 aliphatic heterocycles. The molecule has 134 valence electrons. The molecular formula is C21H19N5O. The van der Waals surface area contributed by atoms with Crippen LogP contribution in [0.25, 0.3) is 11.3 Å². The maximum Gasteiger partial charge on any atom is 0.229 e. The van der Waals surface area contributed by atoms with Gasteiger partial charge in [-0.3, -0.25) is 0 Å². The summed E-state index contributed by atoms with van der Waals surface area (Å²) in [5, 5.41) is 12.5. The van der Waals surface area contributed by atoms with Crippen molar-refractivity contribution in [1.82, 2.24) is 9.97 Å². The van der Waals surface area contributed by atoms with E-state index in [2.05, 4.69) is 21.3 Å². The highest BCUT2D eigenvalue weighted by molar-refractivity contribution is 5.68. The summed E-state index contributed by atoms with van der Waals surface area (Å²) in [5.41, 5.74) is 3.10. The Balaban J connectivity index is 1.74. The minimum absolute atomic E-state index is 0.473. The quantitative estimate of drug-likeness (QED) is 0.769. The molecular weight excluding hydrogens is 338 g/mol. The fraction of sp³-hybridized carbons (Fsp3) is 0.190. The molecule has 27 heavy (non-hydrogen) atoms. The van der Waals surface area contributed by atoms with Crippen molar-refractivity contribution in [2.75, 3.05) is 36.5 Å². The van der Waals surface area contributed by atoms with Crippen LogP contribution >= 0.6 is 0 Å². The van der Waals surface area contributed by atoms with Gasteiger partial charge in [0.15, 0.2) is 0 Å². The summed E-state index contributed by atoms with van der Waals surface area (Å²) < 4.78 is 5.46. The maximum atomic E-state index is 9.33. The Hall–Kier alpha value is -3.43. The van der Waals surface area contributed by atoms with Crippen LogP contribution in [0, 0.1) is 11.3 Å². The minimum atomic E-state index is 0.473. The number of para-hydroxylation sites is 1. The van der Waals surface area contributed by atoms with Crippen LogP contribution in [-0.4, -0.2) is 36.3 Å². The summed E-state index contributed by atoms with van der Waals surface area (Å²) in [6.07, 6.45) is 0. The third kappa shape index (κ3) is 3.89. The zero-order chi connectivity index (χ0) is 18.5. The molecule has 2 aromatic carbocycles. The SMILES string of the molecule is N#Cc1ccccc1Nc1nc(-c2ccccc2)cc(N2CCOCC2)n1. The van der Waals surface area contributed by atoms with E-state index in [0.29, 0.717) is 30.4 Å². The molecule has 0 amide bonds. The zero-order valence-electron chi connectivity index (χ0n) is 14.8. The van der Waals surface area contributed by atoms with Gasteiger partial charge in [0, 0.05) is 24.7 Å². The van der Waals surface area contributed by atoms with Gasteiger partial charge in [0.25, 0.3) is 0 Å². The molecule has 1 fully saturated rings. The van der Waals surface area contributed by atoms with Gasteiger partial charge in [0.1, 0.15) is 11.9 Å². The number of nitriles is 1. The van der Waals surface area contributed by atoms with Gasteiger partial charge < -0.3 is 15.0 Å². The first-order valence-corrected chi connectivity index (χ1v) is 8.87. The fourth-order valence-electron chi connectivity index (χ4n) is 3.01. The summed E-state index contributed by atoms with van der Waals surface area (Å²) in [4.78, 5) is 11.6. The van der Waals surface area contributed by atoms with Gasteiger partial charge in [-0.05, 0) is 12.1 Å². The van der Waals surface area contributed by atoms with Crippen molar-refractivity contribution in [2.45, 2.75) is 0 Å². The third-order valence-electron chi connectivity index (χ3n) is 4.41. The first-order chi connectivity index (χ1) is 13.3. The van der Waals surface area contributed by atoms with Crippen LogP contribution in [0.4, 0.5) is 17.5 Å². The summed E-state index contributed by atoms with van der Waals surface area (Å²) >= 11 is 0. The summed E-state index contributed by atoms with van der Waals surface area (Å²) in [6, 6.07) is 21.6. The molecule has 1 N–H and O–H groups in total. The summed E-state index contributed by atoms with van der Waals surface area (Å²) in [7, 11) is 0. The van der Waals surface area contributed by atoms with E-state index in [0.717, 1.165) is 30.2 Å². The Bertz CT molecular complexity index is 962. The van der Waals surface area contributed by atoms with Crippen LogP contribution in [-0.2, 0) is 4.74 Å². The first-order valence-electron chi connectivity index (χ1n) is 8.87. The summed E-state index contributed by atoms with van der Waals surface area (Å²) in [5.74, 6) is 1.32. The monoisotopic (exact) mass is 357 g/mol. The Morgan fingerprint density at radius 1 is 0.963 bits per heavy atom. The van der Waals surface area contributed by atoms with E-state index < -0.39 is 0 Å². The van der Waals surface area contributed by atoms with Crippen LogP contribution in [0.5, 0.6) is 0 Å². The van der Waals surface area contributed by atoms with Crippen molar-refractivity contribution >= 4 is 17.5 Å². The van der Waals surface area contributed by atoms with Crippen molar-refractivity contribution in [3.8, 4) is 17.3 Å². The molecule has 3 aromatic rings. The smallest absolute Gasteiger partial charge is 0.229 e. The average molecular weight is 357 g/mol. The molecule has 0 spiro atoms. The van der Waals surface area contributed by atoms with Crippen LogP contribution in [0.15, 0.2) is 60.7 Å². The predicted octanol–water partition coefficient (Wildman–Crippen LogP) is 3.60. The lowest BCUT2D eigenvalue weighted by Crippen LogP contribution is -2.36. The zero-order valence-corrected chi connectivity index (χ0v) is 14.8. The normalized spacial score (nSPS) is 13.8. The predicted molar refractivity (Wildman–Crippen MR) is 105 cm³/mol. The van der Waals surface area contributed by atoms with E-state index in [1.165, 1.54) is 0 Å². The molecule has 2 heterocycles. The average Bonchev–Trinajstić information content (AvgIpc) is 2.75. The lowest BCUT2D eigenvalue weighted by Gasteiger charge is -2.28. The van der Waals surface area contributed by atoms with Crippen molar-refractivity contribution in [3.63, 3.8) is 0 Å². The lowest BCUT2D eigenvalue weighted by molar-refractivity contribution is 0.122. The Labute approximate surface area is 158 Å². The number of hydrogen-bond donors (Lipinski definition) is 1. The number of benzene rings is 2. The second-order valence-electron chi connectivity index (χ2n) is 6.18. The van der Waals surface area contributed by atoms with Crippen molar-refractivity contribution in [1.29, 1.82) is 5.26 Å². The Morgan fingerprint density at radius 3 is 2.48 bits per heavy atom. The van der Waals surface area contributed by atoms with Crippen molar-refractivity contribution < 1.29 is 4.74 Å². The minimum Gasteiger partial charge on any atom is -0.378 e. The van der Waals surface area contributed by atoms with Crippen molar-refractivity contribution in [2.24, 2.45) is 0 Å². The van der Waals surface area contributed by atoms with Gasteiger partial charge in [-0.25, -0.2) is 4.98 Å². The molecule has 0 aliphatic carbocycles. The van der Waals surface area contributed by atoms with E-state index in [9.17, 15) is 5.26 Å². The molecule has 0 unspecified atom stereocenters. The number of nitrogens with zero attached hydrogens (tertiary/aromatic N) is 4. The van der Waals surface area contributed by atoms with E-state index in [1.54, 1.807) is 6.07 Å². The van der Waals surface area contributed by atoms with Gasteiger partial charge in [-0.1, -0.05) is 42.5 Å². The summed E-state index contributed by atoms with van der Waals surface area (Å²) in [6.45, 7) is 2.95. The number of nitrogens with one attached hydrogen (secondary N) is 1. The molecule has 1 saturated heterocycles. The fourth-order valence-corrected chi connectivity index (χ4v) is 3.01. The largest absolute Gasteiger partial charge is 0.378 e. The highest BCUT2D eigenvalue weighted by atomic mass is 16.5. The highest BCUT2D eigenvalue weighted by Crippen LogP contribution is 2.26. The number of anilines is 3. The molecule has 6 nitrogen and oxygen atoms in total. The van der Waals surface area contributed by atoms with Crippen LogP contribution in [0.1, 0.15) is 5.56 Å². The second kappa shape index (κ2) is 7.85. The number of morpholine rings is 1. The standard InChI is InChI=1S/C21H19N5O/c22-15-17-8-4-5-9-18(17)23-21-24-19(16-6-2-1-3-7-16)14-20(25-21)26-10-12-27-13-11-26/h1-9,14H,10-13H2,(H,23,24,25). The van der Waals surface area contributed by atoms with E-state index in [-0.39, 0.29) is 0 Å². The maximum absolute atomic E-state index is 9.33. The molecule has 0 radical (unpaired) electrons. The van der Waals surface area contributed by atoms with Crippen LogP contribution < -0.4 is 10.2 Å². The molecule has 6 heteroatoms. The van der Waals surface area contributed by atoms with Crippen molar-refractivity contribution in [3.05, 3.63) is 66.2 Å². The van der Waals surface area contributed by atoms with E-state index in [1.807, 2.05) is 54.6 Å². The number of aromatic nitrogens is 2. The lowest BCUT2D eigenvalue weighted by atomic mass is 10.1. The Kier molecular flexibility index (Phi) is 4.95. The molecule has 1 aliphatic rings. The molecule has 0 atom stereocenters. The molecule has 0 saturated carbocycles. The second-order valence-corrected chi connectivity index (χ2v) is 6.18. The van der Waals surface area contributed by atoms with Crippen LogP contribution in [0.3, 0.4) is 0 Å². The first kappa shape index (κ1) is 17.0. The van der Waals surface area contributed by atoms with Gasteiger partial charge in [0.05, 0.1) is 30.2 Å². The molecule has 1 aromatic heterocycles. The van der Waals surface area contributed by atoms with Gasteiger partial charge in [-0.2, -0.15) is 10.2 Å². The van der Waals surface area contributed by atoms with Gasteiger partial charge in [0.2, 0.25) is 5.95 Å². The molecule has 0 bridgehead atoms. The Morgan fingerprint density at radius 2 is 1.70 bits per heavy atom. The number of ether oxygens (including phenoxy) is 1. The van der Waals surface area contributed by atoms with E-state index >= 15 is 0 Å². The highest BCUT2D eigenvalue weighted by Gasteiger charge is 2.16. The topological polar surface area (TPSA) is 74.1 Å². The van der Waals surface area contributed by atoms with Crippen LogP contribution in [0.2, 0.25) is 0 Å². The third-order valence-corrected chi connectivity index (χ3v) is 4.41. The van der Waals surface area contributed by atoms with Gasteiger partial charge >= 0.3 is 0 Å². The number of rotatable bonds is 4.